The monoisotopic (exact) mass is 583 g/mol. The van der Waals surface area contributed by atoms with Gasteiger partial charge < -0.3 is 24.6 Å². The van der Waals surface area contributed by atoms with E-state index in [0.29, 0.717) is 12.5 Å². The van der Waals surface area contributed by atoms with E-state index in [4.69, 9.17) is 9.47 Å². The predicted molar refractivity (Wildman–Crippen MR) is 157 cm³/mol. The first-order valence-electron chi connectivity index (χ1n) is 15.4. The van der Waals surface area contributed by atoms with Crippen molar-refractivity contribution in [2.45, 2.75) is 76.5 Å². The molecule has 1 aromatic heterocycles. The summed E-state index contributed by atoms with van der Waals surface area (Å²) in [6, 6.07) is 8.93. The topological polar surface area (TPSA) is 88.9 Å². The van der Waals surface area contributed by atoms with E-state index in [1.165, 1.54) is 13.2 Å². The van der Waals surface area contributed by atoms with Crippen molar-refractivity contribution in [1.82, 2.24) is 24.9 Å². The quantitative estimate of drug-likeness (QED) is 0.467. The predicted octanol–water partition coefficient (Wildman–Crippen LogP) is 5.06. The lowest BCUT2D eigenvalue weighted by Crippen LogP contribution is -2.57. The third kappa shape index (κ3) is 6.74. The zero-order chi connectivity index (χ0) is 29.9. The summed E-state index contributed by atoms with van der Waals surface area (Å²) in [5.41, 5.74) is 0.0675. The van der Waals surface area contributed by atoms with E-state index in [1.807, 2.05) is 43.8 Å². The number of benzene rings is 1. The Morgan fingerprint density at radius 1 is 1.10 bits per heavy atom. The summed E-state index contributed by atoms with van der Waals surface area (Å²) in [5.74, 6) is 0.567. The number of piperidine rings is 1. The molecule has 9 nitrogen and oxygen atoms in total. The van der Waals surface area contributed by atoms with Gasteiger partial charge in [-0.1, -0.05) is 18.6 Å². The third-order valence-electron chi connectivity index (χ3n) is 9.45. The van der Waals surface area contributed by atoms with Gasteiger partial charge in [0.1, 0.15) is 11.4 Å². The van der Waals surface area contributed by atoms with Gasteiger partial charge in [-0.3, -0.25) is 4.68 Å². The van der Waals surface area contributed by atoms with Crippen molar-refractivity contribution in [2.75, 3.05) is 39.8 Å². The average Bonchev–Trinajstić information content (AvgIpc) is 3.61. The van der Waals surface area contributed by atoms with E-state index in [0.717, 1.165) is 70.4 Å². The van der Waals surface area contributed by atoms with E-state index in [-0.39, 0.29) is 29.8 Å². The molecule has 1 saturated carbocycles. The number of amides is 2. The van der Waals surface area contributed by atoms with Crippen LogP contribution in [-0.4, -0.2) is 83.2 Å². The number of hydrogen-bond acceptors (Lipinski definition) is 6. The summed E-state index contributed by atoms with van der Waals surface area (Å²) in [5, 5.41) is 7.72. The fourth-order valence-corrected chi connectivity index (χ4v) is 7.65. The van der Waals surface area contributed by atoms with Crippen LogP contribution in [0.25, 0.3) is 0 Å². The van der Waals surface area contributed by atoms with Crippen LogP contribution in [0.5, 0.6) is 0 Å². The Labute approximate surface area is 248 Å². The van der Waals surface area contributed by atoms with Crippen LogP contribution in [-0.2, 0) is 21.4 Å². The number of nitrogens with one attached hydrogen (secondary N) is 1. The lowest BCUT2D eigenvalue weighted by molar-refractivity contribution is -0.0109. The molecule has 2 amide bonds. The summed E-state index contributed by atoms with van der Waals surface area (Å²) < 4.78 is 27.4. The minimum Gasteiger partial charge on any atom is -0.453 e. The van der Waals surface area contributed by atoms with Crippen molar-refractivity contribution in [3.05, 3.63) is 54.1 Å². The third-order valence-corrected chi connectivity index (χ3v) is 9.45. The number of aromatic nitrogens is 2. The van der Waals surface area contributed by atoms with Crippen LogP contribution >= 0.6 is 0 Å². The lowest BCUT2D eigenvalue weighted by atomic mass is 9.58. The summed E-state index contributed by atoms with van der Waals surface area (Å²) in [6.07, 6.45) is 7.83. The fourth-order valence-electron chi connectivity index (χ4n) is 7.65. The second kappa shape index (κ2) is 12.6. The first-order valence-corrected chi connectivity index (χ1v) is 15.4. The lowest BCUT2D eigenvalue weighted by Gasteiger charge is -2.51. The minimum atomic E-state index is -0.487. The van der Waals surface area contributed by atoms with Gasteiger partial charge >= 0.3 is 12.2 Å². The number of ether oxygens (including phenoxy) is 2. The van der Waals surface area contributed by atoms with Crippen molar-refractivity contribution < 1.29 is 23.5 Å². The summed E-state index contributed by atoms with van der Waals surface area (Å²) >= 11 is 0. The molecule has 2 aliphatic heterocycles. The number of rotatable bonds is 8. The number of carbonyl (C=O) groups excluding carboxylic acids is 2. The zero-order valence-corrected chi connectivity index (χ0v) is 25.4. The maximum atomic E-state index is 14.9. The first kappa shape index (κ1) is 30.3. The fraction of sp³-hybridized carbons (Fsp3) is 0.656. The molecule has 0 radical (unpaired) electrons. The highest BCUT2D eigenvalue weighted by Crippen LogP contribution is 2.51. The van der Waals surface area contributed by atoms with E-state index >= 15 is 0 Å². The second-order valence-electron chi connectivity index (χ2n) is 13.4. The number of likely N-dealkylation sites (tertiary alicyclic amines) is 2. The van der Waals surface area contributed by atoms with Crippen molar-refractivity contribution in [3.63, 3.8) is 0 Å². The molecule has 2 saturated heterocycles. The highest BCUT2D eigenvalue weighted by molar-refractivity contribution is 5.69. The van der Waals surface area contributed by atoms with Gasteiger partial charge in [-0.15, -0.1) is 0 Å². The van der Waals surface area contributed by atoms with Crippen LogP contribution in [0.15, 0.2) is 42.7 Å². The van der Waals surface area contributed by atoms with Crippen molar-refractivity contribution in [3.8, 4) is 0 Å². The molecule has 2 aromatic rings. The molecule has 1 N–H and O–H groups in total. The molecule has 1 aromatic carbocycles. The molecular weight excluding hydrogens is 537 g/mol. The molecule has 42 heavy (non-hydrogen) atoms. The van der Waals surface area contributed by atoms with E-state index in [1.54, 1.807) is 17.2 Å². The molecule has 0 bridgehead atoms. The number of methoxy groups -OCH3 is 1. The van der Waals surface area contributed by atoms with Gasteiger partial charge in [0.2, 0.25) is 0 Å². The van der Waals surface area contributed by atoms with Crippen LogP contribution in [0.3, 0.4) is 0 Å². The summed E-state index contributed by atoms with van der Waals surface area (Å²) in [4.78, 5) is 29.1. The molecule has 10 heteroatoms. The zero-order valence-electron chi connectivity index (χ0n) is 25.4. The van der Waals surface area contributed by atoms with E-state index < -0.39 is 17.1 Å². The molecule has 3 fully saturated rings. The Kier molecular flexibility index (Phi) is 9.11. The van der Waals surface area contributed by atoms with Crippen LogP contribution in [0.2, 0.25) is 0 Å². The van der Waals surface area contributed by atoms with Gasteiger partial charge in [-0.05, 0) is 95.1 Å². The number of carbonyl (C=O) groups is 2. The first-order chi connectivity index (χ1) is 20.1. The Balaban J connectivity index is 1.35. The van der Waals surface area contributed by atoms with E-state index in [2.05, 4.69) is 21.4 Å². The van der Waals surface area contributed by atoms with Crippen molar-refractivity contribution in [2.24, 2.45) is 17.8 Å². The van der Waals surface area contributed by atoms with Crippen LogP contribution in [0, 0.1) is 23.6 Å². The van der Waals surface area contributed by atoms with E-state index in [9.17, 15) is 14.0 Å². The Bertz CT molecular complexity index is 1200. The molecular formula is C32H46FN5O4. The Morgan fingerprint density at radius 2 is 1.86 bits per heavy atom. The standard InChI is InChI=1S/C32H46FN5O4/c1-31(2,3)42-30(40)37-20-23(21-37)19-36-16-12-24(13-17-36)32(22-38-15-7-14-34-38,25-8-5-9-26(33)18-25)27-10-6-11-28(27)35-29(39)41-4/h5,7-9,14-15,18,23-24,27-28H,6,10-13,16-17,19-22H2,1-4H3,(H,35,39)/t27-,28-,32-/m0/s1. The van der Waals surface area contributed by atoms with Gasteiger partial charge in [-0.25, -0.2) is 14.0 Å². The van der Waals surface area contributed by atoms with Crippen molar-refractivity contribution >= 4 is 12.2 Å². The van der Waals surface area contributed by atoms with Crippen LogP contribution < -0.4 is 5.32 Å². The highest BCUT2D eigenvalue weighted by atomic mass is 19.1. The molecule has 1 aliphatic carbocycles. The minimum absolute atomic E-state index is 0.0666. The normalized spacial score (nSPS) is 23.7. The molecule has 3 atom stereocenters. The largest absolute Gasteiger partial charge is 0.453 e. The van der Waals surface area contributed by atoms with Gasteiger partial charge in [0.05, 0.1) is 13.7 Å². The maximum absolute atomic E-state index is 14.9. The number of alkyl carbamates (subject to hydrolysis) is 1. The summed E-state index contributed by atoms with van der Waals surface area (Å²) in [7, 11) is 1.40. The Morgan fingerprint density at radius 3 is 2.50 bits per heavy atom. The van der Waals surface area contributed by atoms with Crippen molar-refractivity contribution in [1.29, 1.82) is 0 Å². The average molecular weight is 584 g/mol. The number of nitrogens with zero attached hydrogens (tertiary/aromatic N) is 4. The highest BCUT2D eigenvalue weighted by Gasteiger charge is 2.52. The van der Waals surface area contributed by atoms with Crippen LogP contribution in [0.1, 0.15) is 58.4 Å². The summed E-state index contributed by atoms with van der Waals surface area (Å²) in [6.45, 7) is 10.6. The number of halogens is 1. The SMILES string of the molecule is COC(=O)N[C@H]1CCC[C@@H]1[C@](Cn1cccn1)(c1cccc(F)c1)C1CCN(CC2CN(C(=O)OC(C)(C)C)C2)CC1. The smallest absolute Gasteiger partial charge is 0.410 e. The number of hydrogen-bond donors (Lipinski definition) is 1. The van der Waals surface area contributed by atoms with Crippen LogP contribution in [0.4, 0.5) is 14.0 Å². The molecule has 3 heterocycles. The van der Waals surface area contributed by atoms with Gasteiger partial charge in [0.15, 0.2) is 0 Å². The second-order valence-corrected chi connectivity index (χ2v) is 13.4. The molecule has 230 valence electrons. The van der Waals surface area contributed by atoms with Gasteiger partial charge in [0.25, 0.3) is 0 Å². The molecule has 0 unspecified atom stereocenters. The molecule has 0 spiro atoms. The van der Waals surface area contributed by atoms with Gasteiger partial charge in [0, 0.05) is 49.4 Å². The Hall–Kier alpha value is -3.14. The molecule has 3 aliphatic rings. The molecule has 5 rings (SSSR count). The maximum Gasteiger partial charge on any atom is 0.410 e. The van der Waals surface area contributed by atoms with Gasteiger partial charge in [-0.2, -0.15) is 5.10 Å².